The Morgan fingerprint density at radius 1 is 1.26 bits per heavy atom. The van der Waals surface area contributed by atoms with Gasteiger partial charge in [-0.25, -0.2) is 24.5 Å². The Labute approximate surface area is 186 Å². The van der Waals surface area contributed by atoms with Crippen molar-refractivity contribution >= 4 is 35.5 Å². The van der Waals surface area contributed by atoms with E-state index in [0.717, 1.165) is 17.7 Å². The topological polar surface area (TPSA) is 113 Å². The molecular formula is C21H30N4O5S. The van der Waals surface area contributed by atoms with Crippen LogP contribution in [0.1, 0.15) is 63.7 Å². The van der Waals surface area contributed by atoms with Crippen molar-refractivity contribution in [1.29, 1.82) is 0 Å². The minimum absolute atomic E-state index is 0.190. The molecule has 1 aromatic heterocycles. The fraction of sp³-hybridized carbons (Fsp3) is 0.667. The number of hydrogen-bond donors (Lipinski definition) is 1. The summed E-state index contributed by atoms with van der Waals surface area (Å²) in [6, 6.07) is -1.56. The lowest BCUT2D eigenvalue weighted by Gasteiger charge is -2.55. The highest BCUT2D eigenvalue weighted by Gasteiger charge is 2.54. The Hall–Kier alpha value is -2.36. The van der Waals surface area contributed by atoms with Gasteiger partial charge < -0.3 is 14.7 Å². The van der Waals surface area contributed by atoms with Crippen LogP contribution in [0.3, 0.4) is 0 Å². The number of carboxylic acid groups (broad SMARTS) is 1. The summed E-state index contributed by atoms with van der Waals surface area (Å²) in [5, 5.41) is 10.3. The largest absolute Gasteiger partial charge is 0.465 e. The van der Waals surface area contributed by atoms with Crippen molar-refractivity contribution < 1.29 is 24.2 Å². The van der Waals surface area contributed by atoms with E-state index < -0.39 is 35.5 Å². The summed E-state index contributed by atoms with van der Waals surface area (Å²) in [6.45, 7) is 7.60. The zero-order valence-corrected chi connectivity index (χ0v) is 19.4. The standard InChI is InChI=1S/C21H30N4O5S/c1-6-30-18(27)12-11-22-19(31-5)23-16(12)24-13-9-7-8-10-14(13)25(20(28)29)17(26)15(24)21(2,3)4/h11,13-15H,6-10H2,1-5H3,(H,28,29)/t13-,14-,15?/m1/s1. The number of nitrogens with zero attached hydrogens (tertiary/aromatic N) is 4. The van der Waals surface area contributed by atoms with Crippen molar-refractivity contribution in [1.82, 2.24) is 14.9 Å². The zero-order valence-electron chi connectivity index (χ0n) is 18.6. The molecule has 1 aliphatic heterocycles. The fourth-order valence-corrected chi connectivity index (χ4v) is 4.97. The molecule has 2 heterocycles. The van der Waals surface area contributed by atoms with Crippen LogP contribution in [-0.4, -0.2) is 68.9 Å². The van der Waals surface area contributed by atoms with Gasteiger partial charge in [0.1, 0.15) is 17.4 Å². The van der Waals surface area contributed by atoms with Gasteiger partial charge >= 0.3 is 12.1 Å². The summed E-state index contributed by atoms with van der Waals surface area (Å²) in [4.78, 5) is 50.2. The summed E-state index contributed by atoms with van der Waals surface area (Å²) in [7, 11) is 0. The number of esters is 1. The van der Waals surface area contributed by atoms with Crippen LogP contribution in [0, 0.1) is 5.41 Å². The van der Waals surface area contributed by atoms with E-state index in [4.69, 9.17) is 4.74 Å². The first-order chi connectivity index (χ1) is 14.6. The molecule has 3 atom stereocenters. The molecule has 1 aromatic rings. The first-order valence-corrected chi connectivity index (χ1v) is 11.8. The third-order valence-electron chi connectivity index (χ3n) is 5.83. The first-order valence-electron chi connectivity index (χ1n) is 10.5. The molecule has 1 saturated heterocycles. The summed E-state index contributed by atoms with van der Waals surface area (Å²) in [5.41, 5.74) is -0.418. The zero-order chi connectivity index (χ0) is 22.9. The van der Waals surface area contributed by atoms with E-state index in [1.54, 1.807) is 6.92 Å². The third kappa shape index (κ3) is 4.35. The van der Waals surface area contributed by atoms with Crippen molar-refractivity contribution in [2.75, 3.05) is 17.8 Å². The molecule has 31 heavy (non-hydrogen) atoms. The predicted octanol–water partition coefficient (Wildman–Crippen LogP) is 3.43. The Kier molecular flexibility index (Phi) is 6.78. The summed E-state index contributed by atoms with van der Waals surface area (Å²) >= 11 is 1.33. The number of rotatable bonds is 4. The Bertz CT molecular complexity index is 872. The van der Waals surface area contributed by atoms with Crippen LogP contribution in [0.4, 0.5) is 10.6 Å². The molecule has 0 radical (unpaired) electrons. The third-order valence-corrected chi connectivity index (χ3v) is 6.39. The van der Waals surface area contributed by atoms with Crippen LogP contribution in [-0.2, 0) is 9.53 Å². The highest BCUT2D eigenvalue weighted by atomic mass is 32.2. The minimum Gasteiger partial charge on any atom is -0.465 e. The van der Waals surface area contributed by atoms with Crippen molar-refractivity contribution in [3.8, 4) is 0 Å². The SMILES string of the molecule is CCOC(=O)c1cnc(SC)nc1N1C(C(C)(C)C)C(=O)N(C(=O)O)[C@@H]2CCCC[C@H]21. The number of amides is 2. The van der Waals surface area contributed by atoms with Gasteiger partial charge in [-0.15, -0.1) is 0 Å². The molecule has 3 rings (SSSR count). The second-order valence-electron chi connectivity index (χ2n) is 8.90. The van der Waals surface area contributed by atoms with Crippen molar-refractivity contribution in [3.63, 3.8) is 0 Å². The number of hydrogen-bond acceptors (Lipinski definition) is 8. The number of ether oxygens (including phenoxy) is 1. The van der Waals surface area contributed by atoms with Crippen LogP contribution in [0.5, 0.6) is 0 Å². The van der Waals surface area contributed by atoms with Crippen LogP contribution in [0.15, 0.2) is 11.4 Å². The lowest BCUT2D eigenvalue weighted by atomic mass is 9.77. The van der Waals surface area contributed by atoms with Gasteiger partial charge in [-0.3, -0.25) is 4.79 Å². The number of imide groups is 1. The summed E-state index contributed by atoms with van der Waals surface area (Å²) < 4.78 is 5.23. The number of piperazine rings is 1. The van der Waals surface area contributed by atoms with E-state index in [0.29, 0.717) is 23.8 Å². The van der Waals surface area contributed by atoms with Gasteiger partial charge in [0.05, 0.1) is 18.7 Å². The Morgan fingerprint density at radius 3 is 2.45 bits per heavy atom. The molecule has 0 bridgehead atoms. The van der Waals surface area contributed by atoms with Gasteiger partial charge in [0.15, 0.2) is 5.16 Å². The van der Waals surface area contributed by atoms with Crippen molar-refractivity contribution in [2.45, 2.75) is 76.7 Å². The van der Waals surface area contributed by atoms with Gasteiger partial charge in [0.2, 0.25) is 0 Å². The van der Waals surface area contributed by atoms with Crippen LogP contribution in [0.2, 0.25) is 0 Å². The maximum Gasteiger partial charge on any atom is 0.414 e. The van der Waals surface area contributed by atoms with Gasteiger partial charge in [0, 0.05) is 6.20 Å². The molecule has 0 spiro atoms. The van der Waals surface area contributed by atoms with E-state index in [2.05, 4.69) is 9.97 Å². The van der Waals surface area contributed by atoms with Crippen molar-refractivity contribution in [2.24, 2.45) is 5.41 Å². The molecule has 1 N–H and O–H groups in total. The number of thioether (sulfide) groups is 1. The lowest BCUT2D eigenvalue weighted by molar-refractivity contribution is -0.139. The average Bonchev–Trinajstić information content (AvgIpc) is 2.71. The van der Waals surface area contributed by atoms with Crippen LogP contribution < -0.4 is 4.90 Å². The molecule has 9 nitrogen and oxygen atoms in total. The normalized spacial score (nSPS) is 24.0. The fourth-order valence-electron chi connectivity index (χ4n) is 4.63. The molecule has 2 aliphatic rings. The van der Waals surface area contributed by atoms with E-state index >= 15 is 0 Å². The molecule has 2 fully saturated rings. The van der Waals surface area contributed by atoms with Gasteiger partial charge in [0.25, 0.3) is 5.91 Å². The maximum atomic E-state index is 13.6. The molecule has 0 aromatic carbocycles. The molecule has 1 unspecified atom stereocenters. The quantitative estimate of drug-likeness (QED) is 0.419. The maximum absolute atomic E-state index is 13.6. The van der Waals surface area contributed by atoms with Crippen LogP contribution in [0.25, 0.3) is 0 Å². The van der Waals surface area contributed by atoms with Gasteiger partial charge in [-0.05, 0) is 31.4 Å². The second-order valence-corrected chi connectivity index (χ2v) is 9.67. The Balaban J connectivity index is 2.24. The second kappa shape index (κ2) is 9.02. The number of aromatic nitrogens is 2. The van der Waals surface area contributed by atoms with E-state index in [-0.39, 0.29) is 18.2 Å². The first kappa shape index (κ1) is 23.3. The highest BCUT2D eigenvalue weighted by Crippen LogP contribution is 2.42. The van der Waals surface area contributed by atoms with Gasteiger partial charge in [-0.1, -0.05) is 45.4 Å². The van der Waals surface area contributed by atoms with Crippen LogP contribution >= 0.6 is 11.8 Å². The van der Waals surface area contributed by atoms with Crippen molar-refractivity contribution in [3.05, 3.63) is 11.8 Å². The monoisotopic (exact) mass is 450 g/mol. The molecule has 1 aliphatic carbocycles. The van der Waals surface area contributed by atoms with Gasteiger partial charge in [-0.2, -0.15) is 0 Å². The van der Waals surface area contributed by atoms with E-state index in [1.165, 1.54) is 18.0 Å². The highest BCUT2D eigenvalue weighted by molar-refractivity contribution is 7.98. The number of carbonyl (C=O) groups is 3. The molecular weight excluding hydrogens is 420 g/mol. The van der Waals surface area contributed by atoms with E-state index in [9.17, 15) is 19.5 Å². The summed E-state index contributed by atoms with van der Waals surface area (Å²) in [6.07, 6.45) is 5.09. The molecule has 2 amide bonds. The van der Waals surface area contributed by atoms with E-state index in [1.807, 2.05) is 31.9 Å². The predicted molar refractivity (Wildman–Crippen MR) is 116 cm³/mol. The number of anilines is 1. The Morgan fingerprint density at radius 2 is 1.90 bits per heavy atom. The smallest absolute Gasteiger partial charge is 0.414 e. The lowest BCUT2D eigenvalue weighted by Crippen LogP contribution is -2.71. The number of fused-ring (bicyclic) bond motifs is 1. The molecule has 170 valence electrons. The molecule has 1 saturated carbocycles. The average molecular weight is 451 g/mol. The summed E-state index contributed by atoms with van der Waals surface area (Å²) in [5.74, 6) is -0.700. The minimum atomic E-state index is -1.23. The molecule has 10 heteroatoms. The number of carbonyl (C=O) groups excluding carboxylic acids is 2.